The summed E-state index contributed by atoms with van der Waals surface area (Å²) >= 11 is 1.80. The molecule has 0 unspecified atom stereocenters. The van der Waals surface area contributed by atoms with Crippen LogP contribution >= 0.6 is 22.6 Å². The van der Waals surface area contributed by atoms with Gasteiger partial charge in [-0.2, -0.15) is 18.4 Å². The predicted octanol–water partition coefficient (Wildman–Crippen LogP) is 2.44. The molecule has 0 spiro atoms. The summed E-state index contributed by atoms with van der Waals surface area (Å²) in [7, 11) is 0. The zero-order valence-electron chi connectivity index (χ0n) is 9.86. The summed E-state index contributed by atoms with van der Waals surface area (Å²) in [4.78, 5) is 12.8. The van der Waals surface area contributed by atoms with Crippen LogP contribution in [0, 0.1) is 11.3 Å². The van der Waals surface area contributed by atoms with Crippen molar-refractivity contribution in [2.75, 3.05) is 4.90 Å². The first-order valence-corrected chi connectivity index (χ1v) is 6.76. The Morgan fingerprint density at radius 1 is 1.45 bits per heavy atom. The van der Waals surface area contributed by atoms with Crippen molar-refractivity contribution in [3.63, 3.8) is 0 Å². The average Bonchev–Trinajstić information content (AvgIpc) is 2.61. The predicted molar refractivity (Wildman–Crippen MR) is 72.1 cm³/mol. The van der Waals surface area contributed by atoms with E-state index in [9.17, 15) is 23.1 Å². The van der Waals surface area contributed by atoms with Crippen molar-refractivity contribution in [1.29, 1.82) is 5.26 Å². The third-order valence-corrected chi connectivity index (χ3v) is 4.31. The second-order valence-electron chi connectivity index (χ2n) is 4.25. The summed E-state index contributed by atoms with van der Waals surface area (Å²) in [5.74, 6) is -0.449. The van der Waals surface area contributed by atoms with Gasteiger partial charge in [0.2, 0.25) is 5.91 Å². The molecule has 1 amide bonds. The number of nitrogens with zero attached hydrogens (tertiary/aromatic N) is 2. The number of aliphatic hydroxyl groups is 1. The van der Waals surface area contributed by atoms with E-state index in [1.165, 1.54) is 12.1 Å². The van der Waals surface area contributed by atoms with Crippen LogP contribution in [0.15, 0.2) is 18.2 Å². The maximum Gasteiger partial charge on any atom is 0.417 e. The molecule has 1 saturated heterocycles. The van der Waals surface area contributed by atoms with E-state index in [0.29, 0.717) is 0 Å². The maximum absolute atomic E-state index is 12.9. The van der Waals surface area contributed by atoms with Crippen LogP contribution < -0.4 is 4.90 Å². The van der Waals surface area contributed by atoms with E-state index in [-0.39, 0.29) is 12.1 Å². The van der Waals surface area contributed by atoms with Gasteiger partial charge < -0.3 is 5.11 Å². The quantitative estimate of drug-likeness (QED) is 0.451. The van der Waals surface area contributed by atoms with Crippen molar-refractivity contribution in [2.24, 2.45) is 0 Å². The molecule has 1 aromatic rings. The number of halogens is 4. The van der Waals surface area contributed by atoms with Gasteiger partial charge in [0.05, 0.1) is 29.7 Å². The van der Waals surface area contributed by atoms with E-state index in [1.807, 2.05) is 0 Å². The first-order chi connectivity index (χ1) is 9.25. The molecule has 0 saturated carbocycles. The zero-order chi connectivity index (χ0) is 15.1. The normalized spacial score (nSPS) is 23.0. The lowest BCUT2D eigenvalue weighted by atomic mass is 10.1. The smallest absolute Gasteiger partial charge is 0.390 e. The van der Waals surface area contributed by atoms with E-state index >= 15 is 0 Å². The molecule has 1 aliphatic heterocycles. The summed E-state index contributed by atoms with van der Waals surface area (Å²) in [6.07, 6.45) is -5.73. The van der Waals surface area contributed by atoms with E-state index in [4.69, 9.17) is 5.26 Å². The van der Waals surface area contributed by atoms with Crippen LogP contribution in [-0.2, 0) is 11.0 Å². The van der Waals surface area contributed by atoms with Gasteiger partial charge in [0, 0.05) is 5.69 Å². The molecule has 0 bridgehead atoms. The van der Waals surface area contributed by atoms with Crippen LogP contribution in [0.25, 0.3) is 0 Å². The van der Waals surface area contributed by atoms with Gasteiger partial charge in [-0.15, -0.1) is 0 Å². The molecule has 0 radical (unpaired) electrons. The first-order valence-electron chi connectivity index (χ1n) is 5.51. The van der Waals surface area contributed by atoms with Crippen molar-refractivity contribution < 1.29 is 23.1 Å². The van der Waals surface area contributed by atoms with Crippen molar-refractivity contribution >= 4 is 34.2 Å². The lowest BCUT2D eigenvalue weighted by Gasteiger charge is -2.22. The van der Waals surface area contributed by atoms with Crippen LogP contribution in [-0.4, -0.2) is 21.2 Å². The van der Waals surface area contributed by atoms with E-state index < -0.39 is 33.4 Å². The standard InChI is InChI=1S/C12H8F3IN2O2/c13-12(14,15)8-3-7(2-1-6(8)5-17)18-10(20)4-9(19)11(18)16/h1-3,9,11,19H,4H2/t9-,11+/m0/s1. The maximum atomic E-state index is 12.9. The van der Waals surface area contributed by atoms with Crippen molar-refractivity contribution in [3.05, 3.63) is 29.3 Å². The Labute approximate surface area is 125 Å². The minimum Gasteiger partial charge on any atom is -0.390 e. The molecule has 1 fully saturated rings. The number of carbonyl (C=O) groups excluding carboxylic acids is 1. The summed E-state index contributed by atoms with van der Waals surface area (Å²) < 4.78 is 38.0. The fourth-order valence-corrected chi connectivity index (χ4v) is 2.87. The average molecular weight is 396 g/mol. The fourth-order valence-electron chi connectivity index (χ4n) is 1.98. The highest BCUT2D eigenvalue weighted by atomic mass is 127. The first kappa shape index (κ1) is 15.1. The number of aliphatic hydroxyl groups excluding tert-OH is 1. The monoisotopic (exact) mass is 396 g/mol. The molecule has 1 aromatic carbocycles. The molecule has 0 aliphatic carbocycles. The van der Waals surface area contributed by atoms with E-state index in [0.717, 1.165) is 17.0 Å². The minimum atomic E-state index is -4.68. The Morgan fingerprint density at radius 2 is 2.10 bits per heavy atom. The van der Waals surface area contributed by atoms with Gasteiger partial charge in [-0.25, -0.2) is 0 Å². The van der Waals surface area contributed by atoms with E-state index in [2.05, 4.69) is 0 Å². The number of benzene rings is 1. The number of anilines is 1. The number of rotatable bonds is 1. The molecule has 20 heavy (non-hydrogen) atoms. The van der Waals surface area contributed by atoms with Crippen molar-refractivity contribution in [1.82, 2.24) is 0 Å². The van der Waals surface area contributed by atoms with Gasteiger partial charge in [-0.05, 0) is 18.2 Å². The third-order valence-electron chi connectivity index (χ3n) is 2.92. The molecule has 1 N–H and O–H groups in total. The molecule has 2 rings (SSSR count). The van der Waals surface area contributed by atoms with Gasteiger partial charge in [-0.1, -0.05) is 22.6 Å². The number of nitriles is 1. The SMILES string of the molecule is N#Cc1ccc(N2C(=O)C[C@H](O)[C@@H]2I)cc1C(F)(F)F. The van der Waals surface area contributed by atoms with Gasteiger partial charge in [0.1, 0.15) is 4.05 Å². The number of alkyl halides is 4. The van der Waals surface area contributed by atoms with Crippen molar-refractivity contribution in [3.8, 4) is 6.07 Å². The largest absolute Gasteiger partial charge is 0.417 e. The highest BCUT2D eigenvalue weighted by Crippen LogP contribution is 2.37. The fraction of sp³-hybridized carbons (Fsp3) is 0.333. The van der Waals surface area contributed by atoms with E-state index in [1.54, 1.807) is 22.6 Å². The Balaban J connectivity index is 2.50. The highest BCUT2D eigenvalue weighted by Gasteiger charge is 2.40. The number of hydrogen-bond acceptors (Lipinski definition) is 3. The lowest BCUT2D eigenvalue weighted by Crippen LogP contribution is -2.32. The Bertz CT molecular complexity index is 597. The number of carbonyl (C=O) groups is 1. The van der Waals surface area contributed by atoms with Crippen LogP contribution in [0.1, 0.15) is 17.5 Å². The Kier molecular flexibility index (Phi) is 3.93. The molecule has 106 valence electrons. The van der Waals surface area contributed by atoms with Gasteiger partial charge in [0.25, 0.3) is 0 Å². The Hall–Kier alpha value is -1.34. The van der Waals surface area contributed by atoms with Crippen LogP contribution in [0.2, 0.25) is 0 Å². The number of amides is 1. The topological polar surface area (TPSA) is 64.3 Å². The van der Waals surface area contributed by atoms with Crippen LogP contribution in [0.4, 0.5) is 18.9 Å². The minimum absolute atomic E-state index is 0.0253. The molecule has 4 nitrogen and oxygen atoms in total. The molecule has 8 heteroatoms. The molecule has 2 atom stereocenters. The third kappa shape index (κ3) is 2.60. The molecule has 1 aliphatic rings. The van der Waals surface area contributed by atoms with Gasteiger partial charge >= 0.3 is 6.18 Å². The summed E-state index contributed by atoms with van der Waals surface area (Å²) in [5.41, 5.74) is -1.56. The second-order valence-corrected chi connectivity index (χ2v) is 5.52. The lowest BCUT2D eigenvalue weighted by molar-refractivity contribution is -0.137. The summed E-state index contributed by atoms with van der Waals surface area (Å²) in [6, 6.07) is 4.54. The molecular formula is C12H8F3IN2O2. The molecule has 1 heterocycles. The Morgan fingerprint density at radius 3 is 2.55 bits per heavy atom. The second kappa shape index (κ2) is 5.21. The summed E-state index contributed by atoms with van der Waals surface area (Å²) in [5, 5.41) is 18.3. The molecule has 0 aromatic heterocycles. The van der Waals surface area contributed by atoms with Crippen molar-refractivity contribution in [2.45, 2.75) is 22.7 Å². The molecular weight excluding hydrogens is 388 g/mol. The van der Waals surface area contributed by atoms with Crippen LogP contribution in [0.3, 0.4) is 0 Å². The number of hydrogen-bond donors (Lipinski definition) is 1. The zero-order valence-corrected chi connectivity index (χ0v) is 12.0. The van der Waals surface area contributed by atoms with Gasteiger partial charge in [0.15, 0.2) is 0 Å². The summed E-state index contributed by atoms with van der Waals surface area (Å²) in [6.45, 7) is 0. The highest BCUT2D eigenvalue weighted by molar-refractivity contribution is 14.1. The van der Waals surface area contributed by atoms with Gasteiger partial charge in [-0.3, -0.25) is 9.69 Å². The van der Waals surface area contributed by atoms with Crippen LogP contribution in [0.5, 0.6) is 0 Å².